The Morgan fingerprint density at radius 3 is 1.44 bits per heavy atom. The van der Waals surface area contributed by atoms with Crippen LogP contribution in [0.5, 0.6) is 0 Å². The van der Waals surface area contributed by atoms with Crippen molar-refractivity contribution in [2.45, 2.75) is 12.7 Å². The van der Waals surface area contributed by atoms with Crippen LogP contribution in [0, 0.1) is 10.8 Å². The third kappa shape index (κ3) is 5.33. The third-order valence-corrected chi connectivity index (χ3v) is 10.9. The van der Waals surface area contributed by atoms with Crippen molar-refractivity contribution in [3.8, 4) is 0 Å². The Balaban J connectivity index is 1.70. The van der Waals surface area contributed by atoms with E-state index in [2.05, 4.69) is 126 Å². The van der Waals surface area contributed by atoms with Gasteiger partial charge < -0.3 is 0 Å². The fourth-order valence-corrected chi connectivity index (χ4v) is 9.17. The molecule has 0 aliphatic heterocycles. The molecule has 172 valence electrons. The van der Waals surface area contributed by atoms with Gasteiger partial charge in [-0.15, -0.1) is 0 Å². The van der Waals surface area contributed by atoms with Gasteiger partial charge in [0.2, 0.25) is 0 Å². The zero-order valence-electron chi connectivity index (χ0n) is 19.0. The topological polar surface area (TPSA) is 97.8 Å². The van der Waals surface area contributed by atoms with Crippen molar-refractivity contribution in [2.24, 2.45) is 5.73 Å². The van der Waals surface area contributed by atoms with Gasteiger partial charge in [0.1, 0.15) is 0 Å². The Kier molecular flexibility index (Phi) is 7.36. The van der Waals surface area contributed by atoms with Gasteiger partial charge in [0.25, 0.3) is 0 Å². The van der Waals surface area contributed by atoms with E-state index in [9.17, 15) is 0 Å². The Labute approximate surface area is 201 Å². The molecule has 0 aliphatic rings. The summed E-state index contributed by atoms with van der Waals surface area (Å²) in [5, 5.41) is 24.6. The second-order valence-corrected chi connectivity index (χ2v) is 12.2. The molecule has 4 aromatic rings. The van der Waals surface area contributed by atoms with E-state index in [4.69, 9.17) is 16.6 Å². The van der Waals surface area contributed by atoms with Gasteiger partial charge >= 0.3 is 201 Å². The van der Waals surface area contributed by atoms with Gasteiger partial charge in [0.05, 0.1) is 0 Å². The van der Waals surface area contributed by atoms with Crippen LogP contribution in [0.25, 0.3) is 0 Å². The molecule has 0 bridgehead atoms. The first kappa shape index (κ1) is 23.2. The molecule has 4 rings (SSSR count). The summed E-state index contributed by atoms with van der Waals surface area (Å²) in [6.45, 7) is 0.484. The molecule has 0 radical (unpaired) electrons. The molecule has 0 saturated heterocycles. The molecule has 34 heavy (non-hydrogen) atoms. The molecule has 0 spiro atoms. The summed E-state index contributed by atoms with van der Waals surface area (Å²) in [7, 11) is -2.33. The second kappa shape index (κ2) is 10.8. The number of nitrogens with two attached hydrogens (primary N) is 1. The number of benzene rings is 4. The molecule has 0 saturated carbocycles. The van der Waals surface area contributed by atoms with Gasteiger partial charge in [-0.05, 0) is 0 Å². The summed E-state index contributed by atoms with van der Waals surface area (Å²) >= 11 is 0. The molecular formula is C28H30N5P. The average molecular weight is 468 g/mol. The molecule has 0 fully saturated rings. The molecule has 0 unspecified atom stereocenters. The van der Waals surface area contributed by atoms with E-state index in [1.807, 2.05) is 0 Å². The number of nitrogens with one attached hydrogen (secondary N) is 4. The minimum absolute atomic E-state index is 0.0141. The van der Waals surface area contributed by atoms with Crippen LogP contribution in [-0.4, -0.2) is 11.9 Å². The first-order valence-electron chi connectivity index (χ1n) is 11.3. The number of rotatable bonds is 7. The van der Waals surface area contributed by atoms with Gasteiger partial charge in [-0.25, -0.2) is 0 Å². The van der Waals surface area contributed by atoms with Crippen molar-refractivity contribution < 1.29 is 0 Å². The molecule has 0 atom stereocenters. The first-order chi connectivity index (χ1) is 16.6. The third-order valence-electron chi connectivity index (χ3n) is 6.02. The van der Waals surface area contributed by atoms with Crippen molar-refractivity contribution >= 4 is 35.1 Å². The molecule has 0 aromatic heterocycles. The molecule has 6 N–H and O–H groups in total. The van der Waals surface area contributed by atoms with Crippen LogP contribution in [0.3, 0.4) is 0 Å². The molecule has 5 nitrogen and oxygen atoms in total. The fraction of sp³-hybridized carbons (Fsp3) is 0.0714. The summed E-state index contributed by atoms with van der Waals surface area (Å²) in [5.41, 5.74) is 7.62. The fourth-order valence-electron chi connectivity index (χ4n) is 4.42. The van der Waals surface area contributed by atoms with Crippen LogP contribution >= 0.6 is 7.26 Å². The maximum absolute atomic E-state index is 7.78. The first-order valence-corrected chi connectivity index (χ1v) is 13.5. The minimum atomic E-state index is -2.33. The Morgan fingerprint density at radius 2 is 1.03 bits per heavy atom. The van der Waals surface area contributed by atoms with Crippen LogP contribution in [0.1, 0.15) is 11.1 Å². The van der Waals surface area contributed by atoms with Crippen LogP contribution in [0.15, 0.2) is 115 Å². The standard InChI is InChI=1S/C28H30N5P/c29-27(30)33-28(31)32-20-22-16-18-23(19-17-22)21-34(24-10-4-1-5-11-24,25-12-6-2-7-13-25)26-14-8-3-9-15-26/h1-19,34H,20-21H2,(H6,29,30,31,32,33). The Morgan fingerprint density at radius 1 is 0.618 bits per heavy atom. The van der Waals surface area contributed by atoms with Crippen molar-refractivity contribution in [1.29, 1.82) is 10.8 Å². The van der Waals surface area contributed by atoms with E-state index in [0.29, 0.717) is 6.54 Å². The zero-order chi connectivity index (χ0) is 23.8. The summed E-state index contributed by atoms with van der Waals surface area (Å²) in [5.74, 6) is -0.239. The van der Waals surface area contributed by atoms with Crippen LogP contribution in [0.4, 0.5) is 0 Å². The second-order valence-electron chi connectivity index (χ2n) is 8.26. The Hall–Kier alpha value is -3.95. The monoisotopic (exact) mass is 467 g/mol. The van der Waals surface area contributed by atoms with E-state index in [-0.39, 0.29) is 11.9 Å². The predicted octanol–water partition coefficient (Wildman–Crippen LogP) is 3.42. The predicted molar refractivity (Wildman–Crippen MR) is 146 cm³/mol. The molecule has 6 heteroatoms. The average Bonchev–Trinajstić information content (AvgIpc) is 2.88. The van der Waals surface area contributed by atoms with Gasteiger partial charge in [-0.1, -0.05) is 0 Å². The Bertz CT molecular complexity index is 1130. The number of hydrogen-bond acceptors (Lipinski definition) is 2. The van der Waals surface area contributed by atoms with Crippen molar-refractivity contribution in [3.05, 3.63) is 126 Å². The summed E-state index contributed by atoms with van der Waals surface area (Å²) < 4.78 is 0. The number of guanidine groups is 2. The summed E-state index contributed by atoms with van der Waals surface area (Å²) in [6.07, 6.45) is 0.945. The van der Waals surface area contributed by atoms with E-state index in [1.54, 1.807) is 0 Å². The zero-order valence-corrected chi connectivity index (χ0v) is 20.0. The van der Waals surface area contributed by atoms with Crippen molar-refractivity contribution in [1.82, 2.24) is 10.6 Å². The molecule has 0 heterocycles. The number of hydrogen-bond donors (Lipinski definition) is 5. The quantitative estimate of drug-likeness (QED) is 0.164. The maximum atomic E-state index is 7.78. The SMILES string of the molecule is N=C(N)NC(=N)NCc1ccc(C[PH](c2ccccc2)(c2ccccc2)c2ccccc2)cc1. The van der Waals surface area contributed by atoms with Crippen molar-refractivity contribution in [2.75, 3.05) is 0 Å². The van der Waals surface area contributed by atoms with E-state index in [1.165, 1.54) is 21.5 Å². The van der Waals surface area contributed by atoms with Crippen LogP contribution < -0.4 is 32.3 Å². The molecule has 0 aliphatic carbocycles. The van der Waals surface area contributed by atoms with E-state index in [0.717, 1.165) is 11.7 Å². The summed E-state index contributed by atoms with van der Waals surface area (Å²) in [4.78, 5) is 0. The normalized spacial score (nSPS) is 11.4. The van der Waals surface area contributed by atoms with Gasteiger partial charge in [-0.2, -0.15) is 0 Å². The van der Waals surface area contributed by atoms with E-state index >= 15 is 0 Å². The van der Waals surface area contributed by atoms with Gasteiger partial charge in [0.15, 0.2) is 0 Å². The van der Waals surface area contributed by atoms with Crippen LogP contribution in [0.2, 0.25) is 0 Å². The van der Waals surface area contributed by atoms with E-state index < -0.39 is 7.26 Å². The molecule has 0 amide bonds. The molecular weight excluding hydrogens is 437 g/mol. The van der Waals surface area contributed by atoms with Crippen molar-refractivity contribution in [3.63, 3.8) is 0 Å². The van der Waals surface area contributed by atoms with Gasteiger partial charge in [-0.3, -0.25) is 0 Å². The molecule has 4 aromatic carbocycles. The van der Waals surface area contributed by atoms with Gasteiger partial charge in [0, 0.05) is 0 Å². The van der Waals surface area contributed by atoms with Crippen LogP contribution in [-0.2, 0) is 12.7 Å². The summed E-state index contributed by atoms with van der Waals surface area (Å²) in [6, 6.07) is 41.3.